The van der Waals surface area contributed by atoms with Crippen molar-refractivity contribution in [1.29, 1.82) is 5.26 Å². The molecule has 3 amide bonds. The van der Waals surface area contributed by atoms with Gasteiger partial charge in [-0.2, -0.15) is 5.26 Å². The summed E-state index contributed by atoms with van der Waals surface area (Å²) in [5, 5.41) is 36.5. The Labute approximate surface area is 382 Å². The summed E-state index contributed by atoms with van der Waals surface area (Å²) in [5.74, 6) is -5.74. The maximum absolute atomic E-state index is 13.9. The molecule has 1 aliphatic carbocycles. The predicted octanol–water partition coefficient (Wildman–Crippen LogP) is 5.24. The van der Waals surface area contributed by atoms with Crippen LogP contribution in [0.1, 0.15) is 39.1 Å². The summed E-state index contributed by atoms with van der Waals surface area (Å²) >= 11 is 0. The first kappa shape index (κ1) is 45.7. The predicted molar refractivity (Wildman–Crippen MR) is 246 cm³/mol. The molecule has 4 aromatic rings. The van der Waals surface area contributed by atoms with Gasteiger partial charge in [0.05, 0.1) is 36.8 Å². The number of nitriles is 1. The van der Waals surface area contributed by atoms with E-state index in [0.717, 1.165) is 28.9 Å². The summed E-state index contributed by atoms with van der Waals surface area (Å²) in [6.07, 6.45) is 1.76. The number of nitrogens with one attached hydrogen (secondary N) is 2. The molecule has 4 N–H and O–H groups in total. The van der Waals surface area contributed by atoms with Crippen molar-refractivity contribution >= 4 is 56.9 Å². The van der Waals surface area contributed by atoms with Crippen molar-refractivity contribution in [3.63, 3.8) is 0 Å². The summed E-state index contributed by atoms with van der Waals surface area (Å²) in [5.41, 5.74) is 3.62. The maximum Gasteiger partial charge on any atom is 0.336 e. The van der Waals surface area contributed by atoms with Crippen molar-refractivity contribution in [1.82, 2.24) is 30.3 Å². The fourth-order valence-corrected chi connectivity index (χ4v) is 8.69. The molecule has 4 heterocycles. The number of hydrogen-bond donors (Lipinski definition) is 4. The average molecular weight is 913 g/mol. The van der Waals surface area contributed by atoms with E-state index in [9.17, 15) is 48.2 Å². The molecular weight excluding hydrogens is 867 g/mol. The highest BCUT2D eigenvalue weighted by molar-refractivity contribution is 6.09. The van der Waals surface area contributed by atoms with Gasteiger partial charge in [-0.25, -0.2) is 13.6 Å². The molecule has 1 unspecified atom stereocenters. The number of pyridine rings is 1. The van der Waals surface area contributed by atoms with Gasteiger partial charge in [-0.05, 0) is 85.3 Å². The van der Waals surface area contributed by atoms with Gasteiger partial charge in [0.1, 0.15) is 23.1 Å². The lowest BCUT2D eigenvalue weighted by atomic mass is 9.89. The second-order valence-corrected chi connectivity index (χ2v) is 16.7. The van der Waals surface area contributed by atoms with Gasteiger partial charge >= 0.3 is 5.97 Å². The van der Waals surface area contributed by atoms with Crippen LogP contribution in [0, 0.1) is 11.3 Å². The second kappa shape index (κ2) is 18.9. The first-order valence-corrected chi connectivity index (χ1v) is 21.5. The van der Waals surface area contributed by atoms with Crippen molar-refractivity contribution in [3.05, 3.63) is 119 Å². The van der Waals surface area contributed by atoms with E-state index in [-0.39, 0.29) is 58.2 Å². The Kier molecular flexibility index (Phi) is 12.9. The lowest BCUT2D eigenvalue weighted by Crippen LogP contribution is -2.51. The van der Waals surface area contributed by atoms with E-state index in [1.165, 1.54) is 48.5 Å². The molecule has 16 nitrogen and oxygen atoms in total. The summed E-state index contributed by atoms with van der Waals surface area (Å²) < 4.78 is 33.7. The number of benzene rings is 4. The number of aromatic hydroxyl groups is 1. The van der Waals surface area contributed by atoms with Crippen molar-refractivity contribution < 1.29 is 42.6 Å². The number of carbonyl (C=O) groups is 4. The topological polar surface area (TPSA) is 213 Å². The van der Waals surface area contributed by atoms with E-state index in [1.54, 1.807) is 29.3 Å². The first-order chi connectivity index (χ1) is 32.1. The molecular formula is C49H46F2N8O8. The van der Waals surface area contributed by atoms with Gasteiger partial charge in [0.15, 0.2) is 5.43 Å². The zero-order valence-corrected chi connectivity index (χ0v) is 36.4. The van der Waals surface area contributed by atoms with Gasteiger partial charge in [-0.1, -0.05) is 6.58 Å². The number of phenolic OH excluding ortho intramolecular Hbond substituents is 1. The number of carboxylic acid groups (broad SMARTS) is 1. The second-order valence-electron chi connectivity index (χ2n) is 16.7. The molecule has 67 heavy (non-hydrogen) atoms. The van der Waals surface area contributed by atoms with Crippen LogP contribution in [0.4, 0.5) is 14.5 Å². The van der Waals surface area contributed by atoms with Crippen LogP contribution in [0.15, 0.2) is 101 Å². The Morgan fingerprint density at radius 3 is 2.46 bits per heavy atom. The van der Waals surface area contributed by atoms with E-state index in [1.807, 2.05) is 25.2 Å². The lowest BCUT2D eigenvalue weighted by Gasteiger charge is -2.35. The molecule has 2 saturated heterocycles. The largest absolute Gasteiger partial charge is 0.508 e. The highest BCUT2D eigenvalue weighted by Crippen LogP contribution is 2.42. The number of likely N-dealkylation sites (tertiary alicyclic amines) is 1. The third-order valence-corrected chi connectivity index (χ3v) is 12.2. The van der Waals surface area contributed by atoms with Crippen LogP contribution in [-0.2, 0) is 9.59 Å². The average Bonchev–Trinajstić information content (AvgIpc) is 3.65. The van der Waals surface area contributed by atoms with Gasteiger partial charge < -0.3 is 40.0 Å². The zero-order valence-electron chi connectivity index (χ0n) is 36.4. The Hall–Kier alpha value is -7.91. The van der Waals surface area contributed by atoms with Gasteiger partial charge in [0.25, 0.3) is 11.8 Å². The number of rotatable bonds is 14. The van der Waals surface area contributed by atoms with Gasteiger partial charge in [-0.3, -0.25) is 29.1 Å². The fraction of sp³-hybridized carbons (Fsp3) is 0.286. The molecule has 4 aliphatic rings. The van der Waals surface area contributed by atoms with Gasteiger partial charge in [0.2, 0.25) is 11.8 Å². The van der Waals surface area contributed by atoms with Crippen LogP contribution in [0.25, 0.3) is 50.0 Å². The summed E-state index contributed by atoms with van der Waals surface area (Å²) in [4.78, 5) is 75.7. The van der Waals surface area contributed by atoms with Crippen molar-refractivity contribution in [3.8, 4) is 34.3 Å². The quantitative estimate of drug-likeness (QED) is 0.103. The number of piperazine rings is 1. The molecule has 344 valence electrons. The van der Waals surface area contributed by atoms with E-state index in [2.05, 4.69) is 32.0 Å². The molecule has 1 atom stereocenters. The minimum absolute atomic E-state index is 0.0982. The highest BCUT2D eigenvalue weighted by atomic mass is 19.3. The van der Waals surface area contributed by atoms with Gasteiger partial charge in [0, 0.05) is 109 Å². The minimum atomic E-state index is -3.11. The smallest absolute Gasteiger partial charge is 0.336 e. The lowest BCUT2D eigenvalue weighted by molar-refractivity contribution is -0.132. The number of hydrogen-bond acceptors (Lipinski definition) is 12. The zero-order chi connectivity index (χ0) is 47.6. The van der Waals surface area contributed by atoms with Crippen molar-refractivity contribution in [2.45, 2.75) is 24.8 Å². The molecule has 0 radical (unpaired) electrons. The number of nitrogens with zero attached hydrogens (tertiary/aromatic N) is 6. The number of carbonyl (C=O) groups excluding carboxylic acids is 3. The molecule has 3 aliphatic heterocycles. The normalized spacial score (nSPS) is 15.9. The Balaban J connectivity index is 0.834. The molecule has 0 spiro atoms. The Morgan fingerprint density at radius 2 is 1.70 bits per heavy atom. The minimum Gasteiger partial charge on any atom is -0.508 e. The number of anilines is 1. The molecule has 3 aromatic carbocycles. The summed E-state index contributed by atoms with van der Waals surface area (Å²) in [6, 6.07) is 20.8. The maximum atomic E-state index is 13.9. The van der Waals surface area contributed by atoms with E-state index in [4.69, 9.17) is 4.42 Å². The van der Waals surface area contributed by atoms with E-state index >= 15 is 0 Å². The number of carboxylic acids is 1. The molecule has 2 fully saturated rings. The van der Waals surface area contributed by atoms with Crippen LogP contribution >= 0.6 is 0 Å². The first-order valence-electron chi connectivity index (χ1n) is 21.5. The van der Waals surface area contributed by atoms with E-state index < -0.39 is 42.7 Å². The van der Waals surface area contributed by atoms with Crippen LogP contribution in [0.2, 0.25) is 0 Å². The van der Waals surface area contributed by atoms with Crippen LogP contribution < -0.4 is 21.0 Å². The van der Waals surface area contributed by atoms with Crippen LogP contribution in [0.3, 0.4) is 0 Å². The SMILES string of the molecule is C=C(NCC(=O)N1CC(F)(F)CC1C#N)c1ccnc2ccc(N(C)CCCN3CCN(C(=O)CNC(=O)c4ccc(C(=O)O)c(-c5c6ccc(=O)cc-6oc6cc(O)ccc56)c4)CC3)cc12. The number of fused-ring (bicyclic) bond motifs is 3. The third-order valence-electron chi connectivity index (χ3n) is 12.2. The number of aromatic nitrogens is 1. The Bertz CT molecular complexity index is 3020. The van der Waals surface area contributed by atoms with Gasteiger partial charge in [-0.15, -0.1) is 0 Å². The molecule has 0 saturated carbocycles. The standard InChI is InChI=1S/C49H46F2N8O8/c1-29(54-27-45(63)59-28-49(50,51)24-32(59)25-52)35-12-13-53-41-11-5-31(21-39(35)41)56(2)14-3-15-57-16-18-58(19-17-57)44(62)26-55-47(64)30-4-8-36(48(65)66)40(20-30)46-37-9-6-33(60)22-42(37)67-43-23-34(61)7-10-38(43)46/h4-13,20-23,32,54,60H,1,3,14-19,24,26-28H2,2H3,(H,55,64)(H,65,66). The molecule has 8 rings (SSSR count). The Morgan fingerprint density at radius 1 is 0.925 bits per heavy atom. The van der Waals surface area contributed by atoms with Crippen molar-refractivity contribution in [2.24, 2.45) is 0 Å². The number of amides is 3. The fourth-order valence-electron chi connectivity index (χ4n) is 8.69. The summed E-state index contributed by atoms with van der Waals surface area (Å²) in [7, 11) is 1.98. The number of phenols is 1. The molecule has 0 bridgehead atoms. The number of halogens is 2. The molecule has 18 heteroatoms. The highest BCUT2D eigenvalue weighted by Gasteiger charge is 2.47. The number of alkyl halides is 2. The van der Waals surface area contributed by atoms with Crippen molar-refractivity contribution in [2.75, 3.05) is 70.9 Å². The monoisotopic (exact) mass is 912 g/mol. The molecule has 1 aromatic heterocycles. The van der Waals surface area contributed by atoms with Crippen LogP contribution in [-0.4, -0.2) is 132 Å². The third kappa shape index (κ3) is 9.87. The summed E-state index contributed by atoms with van der Waals surface area (Å²) in [6.45, 7) is 6.43. The van der Waals surface area contributed by atoms with E-state index in [0.29, 0.717) is 66.0 Å². The van der Waals surface area contributed by atoms with Crippen LogP contribution in [0.5, 0.6) is 5.75 Å². The number of aromatic carboxylic acids is 1.